The minimum absolute atomic E-state index is 0.246. The number of nitrogen functional groups attached to an aromatic ring is 1. The molecular formula is C7H8N6S. The molecular weight excluding hydrogens is 200 g/mol. The van der Waals surface area contributed by atoms with E-state index >= 15 is 0 Å². The average molecular weight is 208 g/mol. The van der Waals surface area contributed by atoms with Gasteiger partial charge in [0.2, 0.25) is 5.16 Å². The number of aryl methyl sites for hydroxylation is 1. The molecule has 0 aliphatic heterocycles. The van der Waals surface area contributed by atoms with Gasteiger partial charge in [0.25, 0.3) is 0 Å². The van der Waals surface area contributed by atoms with Crippen LogP contribution in [0.25, 0.3) is 5.65 Å². The Hall–Kier alpha value is -1.68. The van der Waals surface area contributed by atoms with Crippen LogP contribution in [0, 0.1) is 11.3 Å². The molecule has 0 aliphatic rings. The molecule has 0 saturated heterocycles. The normalized spacial score (nSPS) is 10.6. The average Bonchev–Trinajstić information content (AvgIpc) is 2.63. The summed E-state index contributed by atoms with van der Waals surface area (Å²) in [6.45, 7) is 0. The predicted octanol–water partition coefficient (Wildman–Crippen LogP) is 0.244. The standard InChI is InChI=1S/C7H8N6S/c1-12-6-4(3-8)5(9)10-13(6)7(11-12)14-2/h1-2H3,(H2,9,10). The number of rotatable bonds is 1. The lowest BCUT2D eigenvalue weighted by Gasteiger charge is -1.88. The second kappa shape index (κ2) is 2.92. The van der Waals surface area contributed by atoms with Crippen LogP contribution in [0.1, 0.15) is 5.56 Å². The molecule has 0 atom stereocenters. The van der Waals surface area contributed by atoms with Crippen LogP contribution in [0.3, 0.4) is 0 Å². The van der Waals surface area contributed by atoms with Gasteiger partial charge in [0.15, 0.2) is 11.5 Å². The second-order valence-electron chi connectivity index (χ2n) is 2.72. The summed E-state index contributed by atoms with van der Waals surface area (Å²) in [6, 6.07) is 2.02. The molecule has 0 aromatic carbocycles. The maximum atomic E-state index is 8.88. The molecule has 2 aromatic heterocycles. The predicted molar refractivity (Wildman–Crippen MR) is 52.9 cm³/mol. The van der Waals surface area contributed by atoms with Crippen molar-refractivity contribution in [2.45, 2.75) is 5.16 Å². The summed E-state index contributed by atoms with van der Waals surface area (Å²) >= 11 is 1.46. The van der Waals surface area contributed by atoms with Gasteiger partial charge in [0, 0.05) is 7.05 Å². The molecule has 0 saturated carbocycles. The molecule has 14 heavy (non-hydrogen) atoms. The molecule has 2 aromatic rings. The number of anilines is 1. The number of thioether (sulfide) groups is 1. The van der Waals surface area contributed by atoms with Gasteiger partial charge >= 0.3 is 0 Å². The number of fused-ring (bicyclic) bond motifs is 1. The van der Waals surface area contributed by atoms with E-state index in [9.17, 15) is 0 Å². The number of hydrogen-bond acceptors (Lipinski definition) is 5. The minimum atomic E-state index is 0.246. The van der Waals surface area contributed by atoms with E-state index in [4.69, 9.17) is 11.0 Å². The van der Waals surface area contributed by atoms with Crippen LogP contribution < -0.4 is 5.73 Å². The molecule has 72 valence electrons. The SMILES string of the molecule is CSc1nn(C)c2c(C#N)c(N)nn12. The van der Waals surface area contributed by atoms with Crippen LogP contribution in [0.5, 0.6) is 0 Å². The maximum Gasteiger partial charge on any atom is 0.209 e. The lowest BCUT2D eigenvalue weighted by molar-refractivity contribution is 0.744. The van der Waals surface area contributed by atoms with Crippen molar-refractivity contribution in [2.75, 3.05) is 12.0 Å². The molecule has 0 unspecified atom stereocenters. The number of nitrogens with zero attached hydrogens (tertiary/aromatic N) is 5. The molecule has 7 heteroatoms. The first-order valence-electron chi connectivity index (χ1n) is 3.84. The van der Waals surface area contributed by atoms with Gasteiger partial charge in [0.1, 0.15) is 11.6 Å². The van der Waals surface area contributed by atoms with Crippen LogP contribution in [0.4, 0.5) is 5.82 Å². The quantitative estimate of drug-likeness (QED) is 0.679. The monoisotopic (exact) mass is 208 g/mol. The van der Waals surface area contributed by atoms with E-state index < -0.39 is 0 Å². The summed E-state index contributed by atoms with van der Waals surface area (Å²) in [5.41, 5.74) is 6.60. The first-order valence-corrected chi connectivity index (χ1v) is 5.06. The number of aromatic nitrogens is 4. The van der Waals surface area contributed by atoms with Gasteiger partial charge in [-0.05, 0) is 6.26 Å². The number of hydrogen-bond donors (Lipinski definition) is 1. The summed E-state index contributed by atoms with van der Waals surface area (Å²) in [6.07, 6.45) is 1.89. The molecule has 0 radical (unpaired) electrons. The van der Waals surface area contributed by atoms with Gasteiger partial charge in [-0.1, -0.05) is 11.8 Å². The Morgan fingerprint density at radius 2 is 2.21 bits per heavy atom. The molecule has 0 amide bonds. The third-order valence-electron chi connectivity index (χ3n) is 1.91. The summed E-state index contributed by atoms with van der Waals surface area (Å²) in [5, 5.41) is 17.8. The van der Waals surface area contributed by atoms with Crippen LogP contribution >= 0.6 is 11.8 Å². The van der Waals surface area contributed by atoms with Gasteiger partial charge in [0.05, 0.1) is 0 Å². The third kappa shape index (κ3) is 0.975. The fourth-order valence-electron chi connectivity index (χ4n) is 1.31. The molecule has 6 nitrogen and oxygen atoms in total. The van der Waals surface area contributed by atoms with Crippen LogP contribution in [0.15, 0.2) is 5.16 Å². The Kier molecular flexibility index (Phi) is 1.86. The van der Waals surface area contributed by atoms with Crippen molar-refractivity contribution < 1.29 is 0 Å². The highest BCUT2D eigenvalue weighted by atomic mass is 32.2. The van der Waals surface area contributed by atoms with E-state index in [1.807, 2.05) is 12.3 Å². The molecule has 0 spiro atoms. The van der Waals surface area contributed by atoms with Crippen LogP contribution in [-0.2, 0) is 7.05 Å². The summed E-state index contributed by atoms with van der Waals surface area (Å²) in [7, 11) is 1.76. The lowest BCUT2D eigenvalue weighted by Crippen LogP contribution is -1.94. The third-order valence-corrected chi connectivity index (χ3v) is 2.53. The maximum absolute atomic E-state index is 8.88. The first-order chi connectivity index (χ1) is 6.69. The molecule has 0 fully saturated rings. The van der Waals surface area contributed by atoms with Crippen molar-refractivity contribution in [1.29, 1.82) is 5.26 Å². The fourth-order valence-corrected chi connectivity index (χ4v) is 1.81. The topological polar surface area (TPSA) is 84.9 Å². The second-order valence-corrected chi connectivity index (χ2v) is 3.49. The van der Waals surface area contributed by atoms with Crippen molar-refractivity contribution in [3.63, 3.8) is 0 Å². The highest BCUT2D eigenvalue weighted by molar-refractivity contribution is 7.98. The molecule has 0 aliphatic carbocycles. The van der Waals surface area contributed by atoms with Crippen molar-refractivity contribution in [2.24, 2.45) is 7.05 Å². The van der Waals surface area contributed by atoms with Gasteiger partial charge in [-0.15, -0.1) is 10.2 Å². The van der Waals surface area contributed by atoms with E-state index in [1.165, 1.54) is 11.8 Å². The summed E-state index contributed by atoms with van der Waals surface area (Å²) in [4.78, 5) is 0. The molecule has 0 bridgehead atoms. The van der Waals surface area contributed by atoms with Crippen LogP contribution in [-0.4, -0.2) is 25.7 Å². The highest BCUT2D eigenvalue weighted by Gasteiger charge is 2.17. The van der Waals surface area contributed by atoms with E-state index in [-0.39, 0.29) is 5.82 Å². The van der Waals surface area contributed by atoms with Gasteiger partial charge in [-0.25, -0.2) is 4.68 Å². The first kappa shape index (κ1) is 8.90. The zero-order valence-corrected chi connectivity index (χ0v) is 8.54. The van der Waals surface area contributed by atoms with E-state index in [1.54, 1.807) is 16.2 Å². The van der Waals surface area contributed by atoms with Gasteiger partial charge < -0.3 is 5.73 Å². The van der Waals surface area contributed by atoms with Gasteiger partial charge in [-0.2, -0.15) is 9.78 Å². The van der Waals surface area contributed by atoms with E-state index in [0.717, 1.165) is 5.16 Å². The van der Waals surface area contributed by atoms with Crippen molar-refractivity contribution in [3.8, 4) is 6.07 Å². The summed E-state index contributed by atoms with van der Waals surface area (Å²) in [5.74, 6) is 0.246. The number of nitriles is 1. The van der Waals surface area contributed by atoms with E-state index in [0.29, 0.717) is 11.2 Å². The van der Waals surface area contributed by atoms with Crippen molar-refractivity contribution >= 4 is 23.2 Å². The smallest absolute Gasteiger partial charge is 0.209 e. The Labute approximate surface area is 84.3 Å². The molecule has 2 heterocycles. The highest BCUT2D eigenvalue weighted by Crippen LogP contribution is 2.21. The minimum Gasteiger partial charge on any atom is -0.381 e. The Balaban J connectivity index is 2.90. The Morgan fingerprint density at radius 1 is 1.50 bits per heavy atom. The summed E-state index contributed by atoms with van der Waals surface area (Å²) < 4.78 is 3.19. The zero-order valence-electron chi connectivity index (χ0n) is 7.72. The largest absolute Gasteiger partial charge is 0.381 e. The number of nitrogens with two attached hydrogens (primary N) is 1. The van der Waals surface area contributed by atoms with Crippen LogP contribution in [0.2, 0.25) is 0 Å². The Bertz CT molecular complexity index is 530. The van der Waals surface area contributed by atoms with E-state index in [2.05, 4.69) is 10.2 Å². The lowest BCUT2D eigenvalue weighted by atomic mass is 10.3. The zero-order chi connectivity index (χ0) is 10.3. The Morgan fingerprint density at radius 3 is 2.79 bits per heavy atom. The van der Waals surface area contributed by atoms with Crippen molar-refractivity contribution in [3.05, 3.63) is 5.56 Å². The fraction of sp³-hybridized carbons (Fsp3) is 0.286. The molecule has 2 N–H and O–H groups in total. The van der Waals surface area contributed by atoms with Gasteiger partial charge in [-0.3, -0.25) is 0 Å². The van der Waals surface area contributed by atoms with Crippen molar-refractivity contribution in [1.82, 2.24) is 19.4 Å². The molecule has 2 rings (SSSR count).